The summed E-state index contributed by atoms with van der Waals surface area (Å²) in [5.74, 6) is 0.0758. The first-order valence-electron chi connectivity index (χ1n) is 7.14. The third-order valence-electron chi connectivity index (χ3n) is 3.79. The Morgan fingerprint density at radius 3 is 2.41 bits per heavy atom. The molecule has 2 rings (SSSR count). The number of halogens is 3. The van der Waals surface area contributed by atoms with E-state index in [1.165, 1.54) is 12.1 Å². The zero-order valence-electron chi connectivity index (χ0n) is 12.3. The van der Waals surface area contributed by atoms with Gasteiger partial charge in [0.25, 0.3) is 5.91 Å². The summed E-state index contributed by atoms with van der Waals surface area (Å²) >= 11 is 0. The molecule has 1 saturated heterocycles. The van der Waals surface area contributed by atoms with Crippen LogP contribution in [0.15, 0.2) is 24.3 Å². The van der Waals surface area contributed by atoms with Gasteiger partial charge in [-0.1, -0.05) is 0 Å². The van der Waals surface area contributed by atoms with Gasteiger partial charge in [0.2, 0.25) is 0 Å². The highest BCUT2D eigenvalue weighted by Crippen LogP contribution is 2.30. The van der Waals surface area contributed by atoms with E-state index in [0.717, 1.165) is 38.1 Å². The van der Waals surface area contributed by atoms with E-state index in [0.29, 0.717) is 0 Å². The number of likely N-dealkylation sites (N-methyl/N-ethyl adjacent to an activating group) is 1. The number of hydrogen-bond acceptors (Lipinski definition) is 3. The molecule has 1 aliphatic heterocycles. The zero-order chi connectivity index (χ0) is 16.2. The number of amides is 1. The first-order chi connectivity index (χ1) is 10.4. The largest absolute Gasteiger partial charge is 0.484 e. The van der Waals surface area contributed by atoms with Gasteiger partial charge in [-0.25, -0.2) is 0 Å². The Bertz CT molecular complexity index is 497. The van der Waals surface area contributed by atoms with Gasteiger partial charge in [-0.05, 0) is 50.2 Å². The molecule has 0 spiro atoms. The number of benzene rings is 1. The second-order valence-corrected chi connectivity index (χ2v) is 5.30. The Kier molecular flexibility index (Phi) is 5.28. The number of carbonyl (C=O) groups excluding carboxylic acids is 1. The Hall–Kier alpha value is -1.76. The van der Waals surface area contributed by atoms with E-state index in [1.54, 1.807) is 11.9 Å². The van der Waals surface area contributed by atoms with Crippen LogP contribution in [0.4, 0.5) is 13.2 Å². The predicted octanol–water partition coefficient (Wildman–Crippen LogP) is 2.29. The van der Waals surface area contributed by atoms with Crippen molar-refractivity contribution in [2.45, 2.75) is 25.1 Å². The zero-order valence-corrected chi connectivity index (χ0v) is 12.3. The third kappa shape index (κ3) is 4.37. The molecule has 0 aromatic heterocycles. The molecule has 0 atom stereocenters. The van der Waals surface area contributed by atoms with Gasteiger partial charge in [-0.15, -0.1) is 0 Å². The van der Waals surface area contributed by atoms with Gasteiger partial charge < -0.3 is 15.0 Å². The molecule has 1 aliphatic rings. The smallest absolute Gasteiger partial charge is 0.416 e. The van der Waals surface area contributed by atoms with Crippen molar-refractivity contribution in [2.75, 3.05) is 26.7 Å². The van der Waals surface area contributed by atoms with E-state index < -0.39 is 11.7 Å². The Balaban J connectivity index is 1.85. The maximum absolute atomic E-state index is 12.4. The van der Waals surface area contributed by atoms with Gasteiger partial charge in [-0.3, -0.25) is 4.79 Å². The number of rotatable bonds is 4. The number of piperidine rings is 1. The summed E-state index contributed by atoms with van der Waals surface area (Å²) in [6, 6.07) is 4.51. The summed E-state index contributed by atoms with van der Waals surface area (Å²) in [6.07, 6.45) is -2.59. The lowest BCUT2D eigenvalue weighted by Gasteiger charge is -2.31. The van der Waals surface area contributed by atoms with Gasteiger partial charge in [0.05, 0.1) is 5.56 Å². The van der Waals surface area contributed by atoms with Gasteiger partial charge in [0.15, 0.2) is 6.61 Å². The fourth-order valence-corrected chi connectivity index (χ4v) is 2.38. The summed E-state index contributed by atoms with van der Waals surface area (Å²) in [4.78, 5) is 13.7. The van der Waals surface area contributed by atoms with Crippen LogP contribution in [0.3, 0.4) is 0 Å². The average molecular weight is 316 g/mol. The minimum Gasteiger partial charge on any atom is -0.484 e. The van der Waals surface area contributed by atoms with Crippen LogP contribution in [0, 0.1) is 0 Å². The van der Waals surface area contributed by atoms with Crippen LogP contribution in [0.2, 0.25) is 0 Å². The van der Waals surface area contributed by atoms with Gasteiger partial charge in [-0.2, -0.15) is 13.2 Å². The Labute approximate surface area is 127 Å². The van der Waals surface area contributed by atoms with E-state index in [4.69, 9.17) is 4.74 Å². The molecule has 1 fully saturated rings. The Morgan fingerprint density at radius 1 is 1.27 bits per heavy atom. The van der Waals surface area contributed by atoms with Gasteiger partial charge in [0.1, 0.15) is 5.75 Å². The fraction of sp³-hybridized carbons (Fsp3) is 0.533. The van der Waals surface area contributed by atoms with Crippen LogP contribution < -0.4 is 10.1 Å². The van der Waals surface area contributed by atoms with Crippen molar-refractivity contribution in [2.24, 2.45) is 0 Å². The quantitative estimate of drug-likeness (QED) is 0.927. The maximum atomic E-state index is 12.4. The van der Waals surface area contributed by atoms with Crippen LogP contribution in [0.1, 0.15) is 18.4 Å². The topological polar surface area (TPSA) is 41.6 Å². The lowest BCUT2D eigenvalue weighted by Crippen LogP contribution is -2.45. The normalized spacial score (nSPS) is 16.4. The molecule has 1 heterocycles. The van der Waals surface area contributed by atoms with Crippen molar-refractivity contribution in [3.8, 4) is 5.75 Å². The van der Waals surface area contributed by atoms with Crippen molar-refractivity contribution < 1.29 is 22.7 Å². The molecule has 1 N–H and O–H groups in total. The molecule has 0 aliphatic carbocycles. The number of nitrogens with one attached hydrogen (secondary N) is 1. The third-order valence-corrected chi connectivity index (χ3v) is 3.79. The second-order valence-electron chi connectivity index (χ2n) is 5.30. The van der Waals surface area contributed by atoms with Crippen LogP contribution in [0.25, 0.3) is 0 Å². The molecule has 7 heteroatoms. The van der Waals surface area contributed by atoms with Crippen molar-refractivity contribution in [3.63, 3.8) is 0 Å². The molecule has 0 radical (unpaired) electrons. The van der Waals surface area contributed by atoms with E-state index >= 15 is 0 Å². The molecule has 1 aromatic rings. The standard InChI is InChI=1S/C15H19F3N2O2/c1-20(12-6-8-19-9-7-12)14(21)10-22-13-4-2-11(3-5-13)15(16,17)18/h2-5,12,19H,6-10H2,1H3. The van der Waals surface area contributed by atoms with E-state index in [9.17, 15) is 18.0 Å². The molecular weight excluding hydrogens is 297 g/mol. The van der Waals surface area contributed by atoms with Crippen LogP contribution in [0.5, 0.6) is 5.75 Å². The number of alkyl halides is 3. The van der Waals surface area contributed by atoms with Crippen LogP contribution >= 0.6 is 0 Å². The summed E-state index contributed by atoms with van der Waals surface area (Å²) in [5.41, 5.74) is -0.738. The summed E-state index contributed by atoms with van der Waals surface area (Å²) in [5, 5.41) is 3.22. The van der Waals surface area contributed by atoms with Crippen molar-refractivity contribution >= 4 is 5.91 Å². The second kappa shape index (κ2) is 7.00. The van der Waals surface area contributed by atoms with Crippen molar-refractivity contribution in [1.82, 2.24) is 10.2 Å². The van der Waals surface area contributed by atoms with Gasteiger partial charge >= 0.3 is 6.18 Å². The van der Waals surface area contributed by atoms with Crippen LogP contribution in [-0.4, -0.2) is 43.6 Å². The molecule has 0 bridgehead atoms. The number of ether oxygens (including phenoxy) is 1. The van der Waals surface area contributed by atoms with E-state index in [2.05, 4.69) is 5.32 Å². The summed E-state index contributed by atoms with van der Waals surface area (Å²) < 4.78 is 42.6. The molecule has 1 amide bonds. The minimum atomic E-state index is -4.37. The predicted molar refractivity (Wildman–Crippen MR) is 75.6 cm³/mol. The Morgan fingerprint density at radius 2 is 1.86 bits per heavy atom. The fourth-order valence-electron chi connectivity index (χ4n) is 2.38. The van der Waals surface area contributed by atoms with E-state index in [1.807, 2.05) is 0 Å². The van der Waals surface area contributed by atoms with Gasteiger partial charge in [0, 0.05) is 13.1 Å². The lowest BCUT2D eigenvalue weighted by molar-refractivity contribution is -0.138. The molecular formula is C15H19F3N2O2. The highest BCUT2D eigenvalue weighted by Gasteiger charge is 2.30. The maximum Gasteiger partial charge on any atom is 0.416 e. The molecule has 0 saturated carbocycles. The molecule has 1 aromatic carbocycles. The SMILES string of the molecule is CN(C(=O)COc1ccc(C(F)(F)F)cc1)C1CCNCC1. The number of carbonyl (C=O) groups is 1. The molecule has 22 heavy (non-hydrogen) atoms. The minimum absolute atomic E-state index is 0.174. The van der Waals surface area contributed by atoms with Crippen molar-refractivity contribution in [3.05, 3.63) is 29.8 Å². The van der Waals surface area contributed by atoms with Crippen molar-refractivity contribution in [1.29, 1.82) is 0 Å². The number of nitrogens with zero attached hydrogens (tertiary/aromatic N) is 1. The summed E-state index contributed by atoms with van der Waals surface area (Å²) in [7, 11) is 1.73. The van der Waals surface area contributed by atoms with Crippen LogP contribution in [-0.2, 0) is 11.0 Å². The first-order valence-corrected chi connectivity index (χ1v) is 7.14. The monoisotopic (exact) mass is 316 g/mol. The highest BCUT2D eigenvalue weighted by atomic mass is 19.4. The average Bonchev–Trinajstić information content (AvgIpc) is 2.52. The molecule has 0 unspecified atom stereocenters. The summed E-state index contributed by atoms with van der Waals surface area (Å²) in [6.45, 7) is 1.58. The highest BCUT2D eigenvalue weighted by molar-refractivity contribution is 5.77. The molecule has 122 valence electrons. The number of hydrogen-bond donors (Lipinski definition) is 1. The van der Waals surface area contributed by atoms with E-state index in [-0.39, 0.29) is 24.3 Å². The first kappa shape index (κ1) is 16.6. The molecule has 4 nitrogen and oxygen atoms in total. The lowest BCUT2D eigenvalue weighted by atomic mass is 10.1.